The Hall–Kier alpha value is -1.22. The fourth-order valence-corrected chi connectivity index (χ4v) is 3.42. The van der Waals surface area contributed by atoms with Crippen LogP contribution in [0.25, 0.3) is 0 Å². The Bertz CT molecular complexity index is 399. The van der Waals surface area contributed by atoms with Crippen LogP contribution in [0.4, 0.5) is 5.69 Å². The van der Waals surface area contributed by atoms with Gasteiger partial charge >= 0.3 is 0 Å². The van der Waals surface area contributed by atoms with Crippen LogP contribution in [0.15, 0.2) is 24.3 Å². The average molecular weight is 262 g/mol. The summed E-state index contributed by atoms with van der Waals surface area (Å²) in [6.07, 6.45) is 5.38. The van der Waals surface area contributed by atoms with Gasteiger partial charge in [0.2, 0.25) is 0 Å². The first-order chi connectivity index (χ1) is 9.21. The molecule has 1 aromatic rings. The van der Waals surface area contributed by atoms with Crippen molar-refractivity contribution >= 4 is 5.69 Å². The van der Waals surface area contributed by atoms with E-state index in [9.17, 15) is 0 Å². The normalized spacial score (nSPS) is 17.4. The second-order valence-electron chi connectivity index (χ2n) is 5.77. The van der Waals surface area contributed by atoms with Crippen molar-refractivity contribution < 1.29 is 4.74 Å². The highest BCUT2D eigenvalue weighted by Crippen LogP contribution is 2.39. The Morgan fingerprint density at radius 1 is 1.26 bits per heavy atom. The molecule has 2 rings (SSSR count). The molecule has 19 heavy (non-hydrogen) atoms. The molecule has 1 aliphatic rings. The molecule has 0 unspecified atom stereocenters. The second-order valence-corrected chi connectivity index (χ2v) is 5.77. The lowest BCUT2D eigenvalue weighted by Crippen LogP contribution is -2.40. The number of hydrogen-bond donors (Lipinski definition) is 1. The maximum absolute atomic E-state index is 5.47. The highest BCUT2D eigenvalue weighted by Gasteiger charge is 2.34. The van der Waals surface area contributed by atoms with Gasteiger partial charge in [-0.1, -0.05) is 25.0 Å². The van der Waals surface area contributed by atoms with E-state index in [1.165, 1.54) is 31.4 Å². The molecule has 0 amide bonds. The molecule has 0 atom stereocenters. The van der Waals surface area contributed by atoms with E-state index in [0.717, 1.165) is 18.8 Å². The molecule has 106 valence electrons. The van der Waals surface area contributed by atoms with Gasteiger partial charge in [-0.2, -0.15) is 0 Å². The number of methoxy groups -OCH3 is 1. The number of hydrogen-bond acceptors (Lipinski definition) is 3. The van der Waals surface area contributed by atoms with Crippen molar-refractivity contribution in [1.29, 1.82) is 0 Å². The van der Waals surface area contributed by atoms with E-state index in [1.54, 1.807) is 7.11 Å². The van der Waals surface area contributed by atoms with Gasteiger partial charge < -0.3 is 15.0 Å². The number of nitrogens with zero attached hydrogens (tertiary/aromatic N) is 1. The van der Waals surface area contributed by atoms with Crippen molar-refractivity contribution in [1.82, 2.24) is 5.32 Å². The van der Waals surface area contributed by atoms with Gasteiger partial charge in [-0.15, -0.1) is 0 Å². The number of para-hydroxylation sites is 2. The van der Waals surface area contributed by atoms with Gasteiger partial charge in [-0.05, 0) is 32.0 Å². The van der Waals surface area contributed by atoms with E-state index in [-0.39, 0.29) is 0 Å². The number of ether oxygens (including phenoxy) is 1. The summed E-state index contributed by atoms with van der Waals surface area (Å²) in [7, 11) is 5.97. The fraction of sp³-hybridized carbons (Fsp3) is 0.625. The van der Waals surface area contributed by atoms with Crippen molar-refractivity contribution in [3.8, 4) is 5.75 Å². The summed E-state index contributed by atoms with van der Waals surface area (Å²) >= 11 is 0. The van der Waals surface area contributed by atoms with Gasteiger partial charge in [0.25, 0.3) is 0 Å². The third kappa shape index (κ3) is 3.21. The van der Waals surface area contributed by atoms with Crippen molar-refractivity contribution in [3.05, 3.63) is 24.3 Å². The number of rotatable bonds is 6. The summed E-state index contributed by atoms with van der Waals surface area (Å²) < 4.78 is 5.47. The third-order valence-corrected chi connectivity index (χ3v) is 4.28. The van der Waals surface area contributed by atoms with Crippen molar-refractivity contribution in [2.75, 3.05) is 39.2 Å². The first-order valence-corrected chi connectivity index (χ1v) is 7.19. The molecular weight excluding hydrogens is 236 g/mol. The standard InChI is InChI=1S/C16H26N2O/c1-17-12-16(10-6-7-11-16)13-18(2)14-8-4-5-9-15(14)19-3/h4-5,8-9,17H,6-7,10-13H2,1-3H3. The first kappa shape index (κ1) is 14.2. The Morgan fingerprint density at radius 2 is 1.95 bits per heavy atom. The minimum absolute atomic E-state index is 0.421. The zero-order valence-electron chi connectivity index (χ0n) is 12.4. The van der Waals surface area contributed by atoms with Gasteiger partial charge in [0.1, 0.15) is 5.75 Å². The minimum atomic E-state index is 0.421. The van der Waals surface area contributed by atoms with Crippen molar-refractivity contribution in [3.63, 3.8) is 0 Å². The molecule has 1 fully saturated rings. The molecule has 3 nitrogen and oxygen atoms in total. The van der Waals surface area contributed by atoms with Crippen LogP contribution < -0.4 is 15.0 Å². The van der Waals surface area contributed by atoms with Crippen LogP contribution in [-0.4, -0.2) is 34.3 Å². The summed E-state index contributed by atoms with van der Waals surface area (Å²) in [6, 6.07) is 8.27. The average Bonchev–Trinajstić information content (AvgIpc) is 2.87. The molecule has 0 aliphatic heterocycles. The Morgan fingerprint density at radius 3 is 2.58 bits per heavy atom. The van der Waals surface area contributed by atoms with Gasteiger partial charge in [-0.25, -0.2) is 0 Å². The van der Waals surface area contributed by atoms with E-state index in [0.29, 0.717) is 5.41 Å². The molecule has 0 spiro atoms. The molecule has 1 aliphatic carbocycles. The van der Waals surface area contributed by atoms with Crippen LogP contribution in [0.5, 0.6) is 5.75 Å². The maximum Gasteiger partial charge on any atom is 0.142 e. The van der Waals surface area contributed by atoms with E-state index >= 15 is 0 Å². The first-order valence-electron chi connectivity index (χ1n) is 7.19. The number of benzene rings is 1. The molecule has 0 heterocycles. The Labute approximate surface area is 116 Å². The minimum Gasteiger partial charge on any atom is -0.495 e. The number of nitrogens with one attached hydrogen (secondary N) is 1. The van der Waals surface area contributed by atoms with Crippen molar-refractivity contribution in [2.24, 2.45) is 5.41 Å². The van der Waals surface area contributed by atoms with Crippen molar-refractivity contribution in [2.45, 2.75) is 25.7 Å². The molecule has 1 saturated carbocycles. The van der Waals surface area contributed by atoms with Crippen LogP contribution in [0, 0.1) is 5.41 Å². The maximum atomic E-state index is 5.47. The molecule has 0 radical (unpaired) electrons. The lowest BCUT2D eigenvalue weighted by molar-refractivity contribution is 0.294. The summed E-state index contributed by atoms with van der Waals surface area (Å²) in [5, 5.41) is 3.38. The van der Waals surface area contributed by atoms with E-state index < -0.39 is 0 Å². The fourth-order valence-electron chi connectivity index (χ4n) is 3.42. The Kier molecular flexibility index (Phi) is 4.70. The van der Waals surface area contributed by atoms with E-state index in [1.807, 2.05) is 12.1 Å². The second kappa shape index (κ2) is 6.29. The summed E-state index contributed by atoms with van der Waals surface area (Å²) in [5.41, 5.74) is 1.61. The lowest BCUT2D eigenvalue weighted by atomic mass is 9.85. The predicted octanol–water partition coefficient (Wildman–Crippen LogP) is 2.91. The molecule has 0 saturated heterocycles. The highest BCUT2D eigenvalue weighted by atomic mass is 16.5. The molecule has 0 aromatic heterocycles. The summed E-state index contributed by atoms with van der Waals surface area (Å²) in [4.78, 5) is 2.35. The molecule has 1 aromatic carbocycles. The third-order valence-electron chi connectivity index (χ3n) is 4.28. The van der Waals surface area contributed by atoms with Gasteiger partial charge in [0, 0.05) is 25.6 Å². The Balaban J connectivity index is 2.12. The summed E-state index contributed by atoms with van der Waals surface area (Å²) in [5.74, 6) is 0.961. The van der Waals surface area contributed by atoms with Crippen LogP contribution >= 0.6 is 0 Å². The van der Waals surface area contributed by atoms with E-state index in [4.69, 9.17) is 4.74 Å². The largest absolute Gasteiger partial charge is 0.495 e. The zero-order valence-corrected chi connectivity index (χ0v) is 12.4. The smallest absolute Gasteiger partial charge is 0.142 e. The molecule has 0 bridgehead atoms. The predicted molar refractivity (Wildman–Crippen MR) is 81.1 cm³/mol. The SMILES string of the molecule is CNCC1(CN(C)c2ccccc2OC)CCCC1. The lowest BCUT2D eigenvalue weighted by Gasteiger charge is -2.35. The van der Waals surface area contributed by atoms with Gasteiger partial charge in [0.15, 0.2) is 0 Å². The topological polar surface area (TPSA) is 24.5 Å². The quantitative estimate of drug-likeness (QED) is 0.853. The molecular formula is C16H26N2O. The monoisotopic (exact) mass is 262 g/mol. The van der Waals surface area contributed by atoms with Crippen LogP contribution in [0.3, 0.4) is 0 Å². The van der Waals surface area contributed by atoms with Crippen LogP contribution in [0.2, 0.25) is 0 Å². The summed E-state index contributed by atoms with van der Waals surface area (Å²) in [6.45, 7) is 2.20. The number of anilines is 1. The van der Waals surface area contributed by atoms with Crippen LogP contribution in [-0.2, 0) is 0 Å². The van der Waals surface area contributed by atoms with Crippen LogP contribution in [0.1, 0.15) is 25.7 Å². The van der Waals surface area contributed by atoms with Gasteiger partial charge in [-0.3, -0.25) is 0 Å². The molecule has 1 N–H and O–H groups in total. The molecule has 3 heteroatoms. The highest BCUT2D eigenvalue weighted by molar-refractivity contribution is 5.58. The van der Waals surface area contributed by atoms with E-state index in [2.05, 4.69) is 36.4 Å². The zero-order chi connectivity index (χ0) is 13.7. The van der Waals surface area contributed by atoms with Gasteiger partial charge in [0.05, 0.1) is 12.8 Å².